The molecule has 0 saturated carbocycles. The Balaban J connectivity index is 1.80. The molecule has 1 aromatic rings. The Labute approximate surface area is 201 Å². The van der Waals surface area contributed by atoms with Gasteiger partial charge in [0.25, 0.3) is 0 Å². The van der Waals surface area contributed by atoms with Gasteiger partial charge >= 0.3 is 12.1 Å². The molecule has 1 aliphatic rings. The van der Waals surface area contributed by atoms with Gasteiger partial charge in [0.1, 0.15) is 12.6 Å². The van der Waals surface area contributed by atoms with Gasteiger partial charge in [-0.1, -0.05) is 44.2 Å². The average molecular weight is 476 g/mol. The minimum atomic E-state index is -0.861. The summed E-state index contributed by atoms with van der Waals surface area (Å²) in [7, 11) is 1.26. The van der Waals surface area contributed by atoms with Crippen LogP contribution in [0.25, 0.3) is 0 Å². The quantitative estimate of drug-likeness (QED) is 0.296. The summed E-state index contributed by atoms with van der Waals surface area (Å²) in [6.07, 6.45) is 2.02. The Hall–Kier alpha value is -2.94. The number of hydrogen-bond acceptors (Lipinski definition) is 7. The zero-order valence-electron chi connectivity index (χ0n) is 20.3. The van der Waals surface area contributed by atoms with Crippen LogP contribution in [0, 0.1) is 11.8 Å². The van der Waals surface area contributed by atoms with Crippen molar-refractivity contribution in [3.05, 3.63) is 35.9 Å². The van der Waals surface area contributed by atoms with Gasteiger partial charge < -0.3 is 25.4 Å². The summed E-state index contributed by atoms with van der Waals surface area (Å²) < 4.78 is 10.00. The van der Waals surface area contributed by atoms with E-state index in [4.69, 9.17) is 9.47 Å². The van der Waals surface area contributed by atoms with Crippen LogP contribution in [0.4, 0.5) is 4.79 Å². The number of alkyl carbamates (subject to hydrolysis) is 1. The highest BCUT2D eigenvalue weighted by Gasteiger charge is 2.32. The lowest BCUT2D eigenvalue weighted by Gasteiger charge is -2.24. The van der Waals surface area contributed by atoms with E-state index in [9.17, 15) is 19.2 Å². The predicted molar refractivity (Wildman–Crippen MR) is 127 cm³/mol. The molecular formula is C25H37N3O6. The fourth-order valence-electron chi connectivity index (χ4n) is 3.89. The number of Topliss-reactive ketones (excluding diaryl/α,β-unsaturated/α-hetero) is 1. The van der Waals surface area contributed by atoms with E-state index in [-0.39, 0.29) is 49.6 Å². The number of ketones is 1. The van der Waals surface area contributed by atoms with Gasteiger partial charge in [0.2, 0.25) is 5.91 Å². The van der Waals surface area contributed by atoms with E-state index in [1.54, 1.807) is 0 Å². The molecule has 34 heavy (non-hydrogen) atoms. The molecule has 0 bridgehead atoms. The summed E-state index contributed by atoms with van der Waals surface area (Å²) in [5.74, 6) is -1.48. The summed E-state index contributed by atoms with van der Waals surface area (Å²) in [6, 6.07) is 8.28. The number of amides is 2. The van der Waals surface area contributed by atoms with E-state index >= 15 is 0 Å². The molecule has 1 heterocycles. The van der Waals surface area contributed by atoms with Crippen molar-refractivity contribution in [2.24, 2.45) is 11.8 Å². The maximum Gasteiger partial charge on any atom is 0.407 e. The second-order valence-electron chi connectivity index (χ2n) is 8.88. The lowest BCUT2D eigenvalue weighted by Crippen LogP contribution is -2.46. The van der Waals surface area contributed by atoms with Gasteiger partial charge in [0.05, 0.1) is 13.2 Å². The van der Waals surface area contributed by atoms with E-state index in [1.807, 2.05) is 44.2 Å². The number of carbonyl (C=O) groups excluding carboxylic acids is 4. The minimum absolute atomic E-state index is 0.0270. The average Bonchev–Trinajstić information content (AvgIpc) is 3.38. The van der Waals surface area contributed by atoms with Gasteiger partial charge in [-0.15, -0.1) is 0 Å². The monoisotopic (exact) mass is 475 g/mol. The second-order valence-corrected chi connectivity index (χ2v) is 8.88. The molecule has 1 aliphatic heterocycles. The number of ether oxygens (including phenoxy) is 2. The largest absolute Gasteiger partial charge is 0.467 e. The Kier molecular flexibility index (Phi) is 11.5. The van der Waals surface area contributed by atoms with Gasteiger partial charge in [0, 0.05) is 18.9 Å². The first kappa shape index (κ1) is 27.3. The zero-order chi connectivity index (χ0) is 24.9. The van der Waals surface area contributed by atoms with Crippen molar-refractivity contribution in [1.29, 1.82) is 0 Å². The van der Waals surface area contributed by atoms with Gasteiger partial charge in [-0.05, 0) is 43.7 Å². The normalized spacial score (nSPS) is 17.0. The van der Waals surface area contributed by atoms with E-state index in [2.05, 4.69) is 16.0 Å². The van der Waals surface area contributed by atoms with Gasteiger partial charge in [-0.2, -0.15) is 0 Å². The molecule has 0 unspecified atom stereocenters. The van der Waals surface area contributed by atoms with Crippen molar-refractivity contribution in [2.75, 3.05) is 20.2 Å². The van der Waals surface area contributed by atoms with Crippen LogP contribution in [0.1, 0.15) is 51.5 Å². The molecule has 0 aromatic heterocycles. The SMILES string of the molecule is COC(=O)[C@H](CCCNC(=O)OCc1ccccc1)NC(=O)[C@@H](CC(=O)[C@H]1CCCN1)C(C)C. The van der Waals surface area contributed by atoms with E-state index in [0.29, 0.717) is 6.42 Å². The molecule has 3 atom stereocenters. The van der Waals surface area contributed by atoms with Crippen LogP contribution in [0.2, 0.25) is 0 Å². The maximum absolute atomic E-state index is 12.9. The van der Waals surface area contributed by atoms with Gasteiger partial charge in [0.15, 0.2) is 5.78 Å². The van der Waals surface area contributed by atoms with Crippen molar-refractivity contribution in [2.45, 2.75) is 64.6 Å². The van der Waals surface area contributed by atoms with Crippen molar-refractivity contribution >= 4 is 23.8 Å². The smallest absolute Gasteiger partial charge is 0.407 e. The Morgan fingerprint density at radius 3 is 2.50 bits per heavy atom. The number of esters is 1. The summed E-state index contributed by atoms with van der Waals surface area (Å²) in [5.41, 5.74) is 0.882. The number of nitrogens with one attached hydrogen (secondary N) is 3. The van der Waals surface area contributed by atoms with E-state index < -0.39 is 24.0 Å². The third-order valence-electron chi connectivity index (χ3n) is 5.97. The van der Waals surface area contributed by atoms with Crippen LogP contribution in [0.3, 0.4) is 0 Å². The molecule has 0 radical (unpaired) electrons. The van der Waals surface area contributed by atoms with Crippen molar-refractivity contribution in [3.63, 3.8) is 0 Å². The van der Waals surface area contributed by atoms with Gasteiger partial charge in [-0.3, -0.25) is 9.59 Å². The number of methoxy groups -OCH3 is 1. The van der Waals surface area contributed by atoms with Crippen molar-refractivity contribution in [1.82, 2.24) is 16.0 Å². The molecule has 1 fully saturated rings. The zero-order valence-corrected chi connectivity index (χ0v) is 20.3. The van der Waals surface area contributed by atoms with Crippen LogP contribution in [0.5, 0.6) is 0 Å². The molecule has 1 saturated heterocycles. The van der Waals surface area contributed by atoms with Crippen LogP contribution in [0.15, 0.2) is 30.3 Å². The van der Waals surface area contributed by atoms with Crippen LogP contribution in [-0.4, -0.2) is 56.0 Å². The highest BCUT2D eigenvalue weighted by molar-refractivity contribution is 5.91. The van der Waals surface area contributed by atoms with Crippen LogP contribution < -0.4 is 16.0 Å². The van der Waals surface area contributed by atoms with E-state index in [0.717, 1.165) is 24.9 Å². The third-order valence-corrected chi connectivity index (χ3v) is 5.97. The molecule has 3 N–H and O–H groups in total. The first-order valence-electron chi connectivity index (χ1n) is 11.9. The lowest BCUT2D eigenvalue weighted by atomic mass is 9.87. The molecule has 1 aromatic carbocycles. The highest BCUT2D eigenvalue weighted by Crippen LogP contribution is 2.20. The minimum Gasteiger partial charge on any atom is -0.467 e. The molecule has 188 valence electrons. The summed E-state index contributed by atoms with van der Waals surface area (Å²) in [6.45, 7) is 5.03. The van der Waals surface area contributed by atoms with Crippen LogP contribution >= 0.6 is 0 Å². The summed E-state index contributed by atoms with van der Waals surface area (Å²) in [4.78, 5) is 49.6. The first-order chi connectivity index (χ1) is 16.3. The Morgan fingerprint density at radius 1 is 1.15 bits per heavy atom. The summed E-state index contributed by atoms with van der Waals surface area (Å²) >= 11 is 0. The standard InChI is InChI=1S/C25H37N3O6/c1-17(2)19(15-22(29)20-11-7-13-26-20)23(30)28-21(24(31)33-3)12-8-14-27-25(32)34-16-18-9-5-4-6-10-18/h4-6,9-10,17,19-21,26H,7-8,11-16H2,1-3H3,(H,27,32)(H,28,30)/t19-,20+,21-/m0/s1. The van der Waals surface area contributed by atoms with E-state index in [1.165, 1.54) is 7.11 Å². The van der Waals surface area contributed by atoms with Crippen molar-refractivity contribution in [3.8, 4) is 0 Å². The maximum atomic E-state index is 12.9. The molecule has 2 amide bonds. The summed E-state index contributed by atoms with van der Waals surface area (Å²) in [5, 5.41) is 8.56. The van der Waals surface area contributed by atoms with Crippen LogP contribution in [-0.2, 0) is 30.5 Å². The Bertz CT molecular complexity index is 808. The number of carbonyl (C=O) groups is 4. The first-order valence-corrected chi connectivity index (χ1v) is 11.9. The molecular weight excluding hydrogens is 438 g/mol. The number of rotatable bonds is 13. The lowest BCUT2D eigenvalue weighted by molar-refractivity contribution is -0.146. The molecule has 0 spiro atoms. The fourth-order valence-corrected chi connectivity index (χ4v) is 3.89. The fraction of sp³-hybridized carbons (Fsp3) is 0.600. The Morgan fingerprint density at radius 2 is 1.88 bits per heavy atom. The third kappa shape index (κ3) is 9.13. The molecule has 0 aliphatic carbocycles. The molecule has 9 nitrogen and oxygen atoms in total. The topological polar surface area (TPSA) is 123 Å². The number of hydrogen-bond donors (Lipinski definition) is 3. The van der Waals surface area contributed by atoms with Crippen molar-refractivity contribution < 1.29 is 28.7 Å². The highest BCUT2D eigenvalue weighted by atomic mass is 16.5. The number of benzene rings is 1. The van der Waals surface area contributed by atoms with Gasteiger partial charge in [-0.25, -0.2) is 9.59 Å². The second kappa shape index (κ2) is 14.3. The molecule has 9 heteroatoms. The predicted octanol–water partition coefficient (Wildman–Crippen LogP) is 2.33. The molecule has 2 rings (SSSR count).